The number of aromatic nitrogens is 2. The van der Waals surface area contributed by atoms with Crippen LogP contribution < -0.4 is 14.4 Å². The maximum absolute atomic E-state index is 12.2. The Hall–Kier alpha value is -2.98. The zero-order valence-corrected chi connectivity index (χ0v) is 13.9. The van der Waals surface area contributed by atoms with Crippen molar-refractivity contribution in [2.75, 3.05) is 18.5 Å². The summed E-state index contributed by atoms with van der Waals surface area (Å²) in [5, 5.41) is 10.7. The van der Waals surface area contributed by atoms with Gasteiger partial charge in [-0.2, -0.15) is 0 Å². The Labute approximate surface area is 145 Å². The molecule has 0 saturated carbocycles. The van der Waals surface area contributed by atoms with Crippen molar-refractivity contribution in [3.8, 4) is 11.8 Å². The monoisotopic (exact) mass is 372 g/mol. The van der Waals surface area contributed by atoms with Crippen LogP contribution in [0.25, 0.3) is 0 Å². The van der Waals surface area contributed by atoms with Crippen LogP contribution in [0, 0.1) is 10.1 Å². The lowest BCUT2D eigenvalue weighted by Gasteiger charge is -2.29. The van der Waals surface area contributed by atoms with Gasteiger partial charge >= 0.3 is 18.2 Å². The predicted molar refractivity (Wildman–Crippen MR) is 84.3 cm³/mol. The molecule has 11 heteroatoms. The van der Waals surface area contributed by atoms with Crippen molar-refractivity contribution in [2.24, 2.45) is 0 Å². The Morgan fingerprint density at radius 3 is 2.62 bits per heavy atom. The molecule has 0 radical (unpaired) electrons. The molecule has 1 unspecified atom stereocenters. The smallest absolute Gasteiger partial charge is 0.436 e. The van der Waals surface area contributed by atoms with Gasteiger partial charge in [0.25, 0.3) is 0 Å². The number of alkyl halides is 3. The minimum Gasteiger partial charge on any atom is -0.436 e. The van der Waals surface area contributed by atoms with Gasteiger partial charge in [-0.25, -0.2) is 0 Å². The van der Waals surface area contributed by atoms with E-state index < -0.39 is 16.9 Å². The molecule has 140 valence electrons. The summed E-state index contributed by atoms with van der Waals surface area (Å²) in [5.74, 6) is -0.582. The van der Waals surface area contributed by atoms with Crippen molar-refractivity contribution in [3.63, 3.8) is 0 Å². The average molecular weight is 372 g/mol. The number of benzene rings is 1. The predicted octanol–water partition coefficient (Wildman–Crippen LogP) is 2.98. The molecule has 0 bridgehead atoms. The fourth-order valence-corrected chi connectivity index (χ4v) is 2.86. The Balaban J connectivity index is 1.65. The molecule has 1 aromatic heterocycles. The van der Waals surface area contributed by atoms with Gasteiger partial charge in [0.15, 0.2) is 0 Å². The van der Waals surface area contributed by atoms with Crippen LogP contribution in [-0.4, -0.2) is 40.0 Å². The molecule has 1 aliphatic heterocycles. The van der Waals surface area contributed by atoms with Gasteiger partial charge in [-0.05, 0) is 36.1 Å². The normalized spacial score (nSPS) is 19.0. The third kappa shape index (κ3) is 3.81. The van der Waals surface area contributed by atoms with Gasteiger partial charge in [0.2, 0.25) is 0 Å². The quantitative estimate of drug-likeness (QED) is 0.593. The second-order valence-corrected chi connectivity index (χ2v) is 6.22. The first-order valence-electron chi connectivity index (χ1n) is 7.52. The minimum absolute atomic E-state index is 0.168. The molecule has 0 saturated heterocycles. The van der Waals surface area contributed by atoms with Crippen LogP contribution in [0.3, 0.4) is 0 Å². The van der Waals surface area contributed by atoms with Gasteiger partial charge in [-0.3, -0.25) is 4.57 Å². The summed E-state index contributed by atoms with van der Waals surface area (Å²) in [7, 11) is 1.76. The van der Waals surface area contributed by atoms with E-state index in [-0.39, 0.29) is 17.6 Å². The van der Waals surface area contributed by atoms with Gasteiger partial charge in [-0.1, -0.05) is 0 Å². The lowest BCUT2D eigenvalue weighted by atomic mass is 10.1. The number of likely N-dealkylation sites (N-methyl/N-ethyl adjacent to an activating group) is 1. The molecule has 26 heavy (non-hydrogen) atoms. The van der Waals surface area contributed by atoms with Crippen LogP contribution in [0.1, 0.15) is 6.92 Å². The van der Waals surface area contributed by atoms with E-state index in [1.807, 2.05) is 6.92 Å². The molecule has 0 N–H and O–H groups in total. The van der Waals surface area contributed by atoms with Crippen molar-refractivity contribution >= 4 is 11.5 Å². The molecule has 0 aliphatic carbocycles. The summed E-state index contributed by atoms with van der Waals surface area (Å²) in [6, 6.07) is 5.63. The topological polar surface area (TPSA) is 82.7 Å². The minimum atomic E-state index is -4.73. The average Bonchev–Trinajstić information content (AvgIpc) is 3.01. The SMILES string of the molecule is CN(CC1(C)Cn2cc([N+](=O)[O-])nc2O1)c1ccc(OC(F)(F)F)cc1. The van der Waals surface area contributed by atoms with Crippen molar-refractivity contribution in [3.05, 3.63) is 40.6 Å². The van der Waals surface area contributed by atoms with Crippen LogP contribution in [0.5, 0.6) is 11.8 Å². The number of rotatable bonds is 5. The van der Waals surface area contributed by atoms with Gasteiger partial charge in [0.05, 0.1) is 13.1 Å². The number of halogens is 3. The van der Waals surface area contributed by atoms with Gasteiger partial charge in [0.1, 0.15) is 17.5 Å². The van der Waals surface area contributed by atoms with Crippen LogP contribution in [0.4, 0.5) is 24.7 Å². The number of anilines is 1. The van der Waals surface area contributed by atoms with Gasteiger partial charge in [0, 0.05) is 17.7 Å². The molecule has 0 fully saturated rings. The highest BCUT2D eigenvalue weighted by molar-refractivity contribution is 5.49. The number of fused-ring (bicyclic) bond motifs is 1. The van der Waals surface area contributed by atoms with E-state index in [1.54, 1.807) is 16.5 Å². The third-order valence-electron chi connectivity index (χ3n) is 3.84. The maximum atomic E-state index is 12.2. The van der Waals surface area contributed by atoms with Gasteiger partial charge in [-0.15, -0.1) is 13.2 Å². The summed E-state index contributed by atoms with van der Waals surface area (Å²) in [6.07, 6.45) is -3.43. The van der Waals surface area contributed by atoms with Crippen molar-refractivity contribution in [1.82, 2.24) is 9.55 Å². The summed E-state index contributed by atoms with van der Waals surface area (Å²) in [4.78, 5) is 15.8. The van der Waals surface area contributed by atoms with E-state index in [2.05, 4.69) is 9.72 Å². The summed E-state index contributed by atoms with van der Waals surface area (Å²) in [6.45, 7) is 2.58. The van der Waals surface area contributed by atoms with Crippen LogP contribution >= 0.6 is 0 Å². The molecule has 8 nitrogen and oxygen atoms in total. The van der Waals surface area contributed by atoms with Crippen LogP contribution in [0.15, 0.2) is 30.5 Å². The Morgan fingerprint density at radius 1 is 1.42 bits per heavy atom. The lowest BCUT2D eigenvalue weighted by molar-refractivity contribution is -0.389. The number of ether oxygens (including phenoxy) is 2. The molecule has 1 atom stereocenters. The third-order valence-corrected chi connectivity index (χ3v) is 3.84. The second-order valence-electron chi connectivity index (χ2n) is 6.22. The summed E-state index contributed by atoms with van der Waals surface area (Å²) in [5.41, 5.74) is -0.0206. The van der Waals surface area contributed by atoms with E-state index >= 15 is 0 Å². The standard InChI is InChI=1S/C15H15F3N4O4/c1-14(9-21-7-12(22(23)24)19-13(21)26-14)8-20(2)10-3-5-11(6-4-10)25-15(16,17)18/h3-7H,8-9H2,1-2H3. The molecular weight excluding hydrogens is 357 g/mol. The number of nitro groups is 1. The molecule has 2 heterocycles. The first-order valence-corrected chi connectivity index (χ1v) is 7.52. The lowest BCUT2D eigenvalue weighted by Crippen LogP contribution is -2.43. The van der Waals surface area contributed by atoms with E-state index in [0.29, 0.717) is 18.8 Å². The van der Waals surface area contributed by atoms with Crippen molar-refractivity contribution in [1.29, 1.82) is 0 Å². The highest BCUT2D eigenvalue weighted by atomic mass is 19.4. The zero-order chi connectivity index (χ0) is 19.1. The molecular formula is C15H15F3N4O4. The summed E-state index contributed by atoms with van der Waals surface area (Å²) >= 11 is 0. The number of hydrogen-bond donors (Lipinski definition) is 0. The van der Waals surface area contributed by atoms with Crippen molar-refractivity contribution < 1.29 is 27.6 Å². The molecule has 1 aliphatic rings. The Kier molecular flexibility index (Phi) is 4.17. The number of imidazole rings is 1. The number of hydrogen-bond acceptors (Lipinski definition) is 6. The van der Waals surface area contributed by atoms with E-state index in [9.17, 15) is 23.3 Å². The van der Waals surface area contributed by atoms with Gasteiger partial charge < -0.3 is 24.5 Å². The fourth-order valence-electron chi connectivity index (χ4n) is 2.86. The van der Waals surface area contributed by atoms with E-state index in [1.165, 1.54) is 30.5 Å². The molecule has 3 rings (SSSR count). The maximum Gasteiger partial charge on any atom is 0.573 e. The van der Waals surface area contributed by atoms with E-state index in [4.69, 9.17) is 4.74 Å². The first-order chi connectivity index (χ1) is 12.0. The Morgan fingerprint density at radius 2 is 2.08 bits per heavy atom. The fraction of sp³-hybridized carbons (Fsp3) is 0.400. The second kappa shape index (κ2) is 6.07. The largest absolute Gasteiger partial charge is 0.573 e. The van der Waals surface area contributed by atoms with Crippen LogP contribution in [-0.2, 0) is 6.54 Å². The highest BCUT2D eigenvalue weighted by Gasteiger charge is 2.41. The van der Waals surface area contributed by atoms with Crippen LogP contribution in [0.2, 0.25) is 0 Å². The molecule has 1 aromatic carbocycles. The molecule has 0 amide bonds. The zero-order valence-electron chi connectivity index (χ0n) is 13.9. The van der Waals surface area contributed by atoms with E-state index in [0.717, 1.165) is 0 Å². The Bertz CT molecular complexity index is 796. The molecule has 2 aromatic rings. The first kappa shape index (κ1) is 17.8. The highest BCUT2D eigenvalue weighted by Crippen LogP contribution is 2.32. The molecule has 0 spiro atoms. The van der Waals surface area contributed by atoms with Crippen molar-refractivity contribution in [2.45, 2.75) is 25.4 Å². The summed E-state index contributed by atoms with van der Waals surface area (Å²) < 4.78 is 47.7. The number of nitrogens with zero attached hydrogens (tertiary/aromatic N) is 4.